The Morgan fingerprint density at radius 3 is 0.857 bits per heavy atom. The van der Waals surface area contributed by atoms with E-state index in [4.69, 9.17) is 0 Å². The largest absolute Gasteiger partial charge is 0.311 e. The minimum absolute atomic E-state index is 0.777. The average molecular weight is 291 g/mol. The minimum atomic E-state index is 0.777. The fraction of sp³-hybridized carbons (Fsp3) is 1.00. The summed E-state index contributed by atoms with van der Waals surface area (Å²) in [6.45, 7) is 0. The van der Waals surface area contributed by atoms with E-state index >= 15 is 0 Å². The summed E-state index contributed by atoms with van der Waals surface area (Å²) in [6, 6.07) is 4.66. The topological polar surface area (TPSA) is 36.1 Å². The lowest BCUT2D eigenvalue weighted by molar-refractivity contribution is 0.183. The van der Waals surface area contributed by atoms with Gasteiger partial charge in [0.1, 0.15) is 0 Å². The second-order valence-corrected chi connectivity index (χ2v) is 8.18. The van der Waals surface area contributed by atoms with Gasteiger partial charge < -0.3 is 16.0 Å². The molecule has 4 aliphatic rings. The first-order valence-corrected chi connectivity index (χ1v) is 9.63. The van der Waals surface area contributed by atoms with Crippen molar-refractivity contribution in [2.24, 2.45) is 0 Å². The molecule has 4 rings (SSSR count). The maximum atomic E-state index is 4.00. The van der Waals surface area contributed by atoms with Gasteiger partial charge in [0.05, 0.1) is 0 Å². The molecule has 3 nitrogen and oxygen atoms in total. The van der Waals surface area contributed by atoms with Crippen molar-refractivity contribution in [3.63, 3.8) is 0 Å². The van der Waals surface area contributed by atoms with Gasteiger partial charge in [0.2, 0.25) is 0 Å². The van der Waals surface area contributed by atoms with Crippen LogP contribution in [0.4, 0.5) is 0 Å². The summed E-state index contributed by atoms with van der Waals surface area (Å²) in [5.41, 5.74) is 0. The Kier molecular flexibility index (Phi) is 4.52. The second-order valence-electron chi connectivity index (χ2n) is 8.18. The standard InChI is InChI=1S/C18H33N3/c1-4-13-10-15-6-2-8-17(20-15)12-18-9-3-7-16(21-18)11-14(5-1)19-13/h13-21H,1-12H2. The van der Waals surface area contributed by atoms with Crippen molar-refractivity contribution in [1.29, 1.82) is 0 Å². The third-order valence-electron chi connectivity index (χ3n) is 6.44. The van der Waals surface area contributed by atoms with Gasteiger partial charge in [0, 0.05) is 36.3 Å². The van der Waals surface area contributed by atoms with Crippen LogP contribution in [0, 0.1) is 0 Å². The summed E-state index contributed by atoms with van der Waals surface area (Å²) in [7, 11) is 0. The number of hydrogen-bond acceptors (Lipinski definition) is 3. The fourth-order valence-electron chi connectivity index (χ4n) is 5.48. The molecule has 4 saturated heterocycles. The summed E-state index contributed by atoms with van der Waals surface area (Å²) in [6.07, 6.45) is 16.8. The van der Waals surface area contributed by atoms with Gasteiger partial charge in [0.25, 0.3) is 0 Å². The highest BCUT2D eigenvalue weighted by Gasteiger charge is 2.32. The first-order valence-electron chi connectivity index (χ1n) is 9.63. The summed E-state index contributed by atoms with van der Waals surface area (Å²) in [5.74, 6) is 0. The quantitative estimate of drug-likeness (QED) is 0.642. The van der Waals surface area contributed by atoms with Crippen molar-refractivity contribution in [2.45, 2.75) is 113 Å². The highest BCUT2D eigenvalue weighted by atomic mass is 15.0. The van der Waals surface area contributed by atoms with Crippen LogP contribution in [-0.4, -0.2) is 36.3 Å². The van der Waals surface area contributed by atoms with Gasteiger partial charge in [-0.2, -0.15) is 0 Å². The Morgan fingerprint density at radius 1 is 0.381 bits per heavy atom. The third kappa shape index (κ3) is 3.62. The van der Waals surface area contributed by atoms with Crippen molar-refractivity contribution in [1.82, 2.24) is 16.0 Å². The molecule has 0 aliphatic carbocycles. The molecule has 6 bridgehead atoms. The molecule has 3 heteroatoms. The van der Waals surface area contributed by atoms with E-state index in [1.165, 1.54) is 77.0 Å². The summed E-state index contributed by atoms with van der Waals surface area (Å²) >= 11 is 0. The van der Waals surface area contributed by atoms with Crippen LogP contribution in [0.1, 0.15) is 77.0 Å². The Bertz CT molecular complexity index is 269. The lowest BCUT2D eigenvalue weighted by Crippen LogP contribution is -2.55. The van der Waals surface area contributed by atoms with Crippen LogP contribution < -0.4 is 16.0 Å². The van der Waals surface area contributed by atoms with Crippen LogP contribution in [0.15, 0.2) is 0 Å². The zero-order valence-electron chi connectivity index (χ0n) is 13.4. The van der Waals surface area contributed by atoms with Crippen molar-refractivity contribution < 1.29 is 0 Å². The van der Waals surface area contributed by atoms with Crippen molar-refractivity contribution in [3.8, 4) is 0 Å². The van der Waals surface area contributed by atoms with Gasteiger partial charge in [-0.1, -0.05) is 19.3 Å². The molecule has 6 atom stereocenters. The minimum Gasteiger partial charge on any atom is -0.311 e. The normalized spacial score (nSPS) is 48.0. The lowest BCUT2D eigenvalue weighted by atomic mass is 9.83. The summed E-state index contributed by atoms with van der Waals surface area (Å²) in [4.78, 5) is 0. The molecule has 4 aliphatic heterocycles. The average Bonchev–Trinajstić information content (AvgIpc) is 2.47. The van der Waals surface area contributed by atoms with Gasteiger partial charge >= 0.3 is 0 Å². The molecule has 21 heavy (non-hydrogen) atoms. The Hall–Kier alpha value is -0.120. The lowest BCUT2D eigenvalue weighted by Gasteiger charge is -2.42. The van der Waals surface area contributed by atoms with Crippen molar-refractivity contribution in [3.05, 3.63) is 0 Å². The molecule has 0 aromatic heterocycles. The highest BCUT2D eigenvalue weighted by molar-refractivity contribution is 4.93. The van der Waals surface area contributed by atoms with E-state index < -0.39 is 0 Å². The van der Waals surface area contributed by atoms with Gasteiger partial charge in [-0.25, -0.2) is 0 Å². The molecule has 6 unspecified atom stereocenters. The van der Waals surface area contributed by atoms with Gasteiger partial charge in [-0.05, 0) is 57.8 Å². The molecule has 3 N–H and O–H groups in total. The monoisotopic (exact) mass is 291 g/mol. The predicted octanol–water partition coefficient (Wildman–Crippen LogP) is 2.70. The van der Waals surface area contributed by atoms with Gasteiger partial charge in [-0.3, -0.25) is 0 Å². The zero-order valence-corrected chi connectivity index (χ0v) is 13.4. The molecule has 4 fully saturated rings. The highest BCUT2D eigenvalue weighted by Crippen LogP contribution is 2.28. The molecular weight excluding hydrogens is 258 g/mol. The Balaban J connectivity index is 1.49. The Labute approximate surface area is 130 Å². The SMILES string of the molecule is C1CC2CC3CCCC(CC4CCCC(CC(C1)N2)N4)N3. The van der Waals surface area contributed by atoms with Crippen LogP contribution in [0.2, 0.25) is 0 Å². The van der Waals surface area contributed by atoms with E-state index in [1.54, 1.807) is 0 Å². The third-order valence-corrected chi connectivity index (χ3v) is 6.44. The van der Waals surface area contributed by atoms with Gasteiger partial charge in [0.15, 0.2) is 0 Å². The van der Waals surface area contributed by atoms with E-state index in [0.29, 0.717) is 0 Å². The smallest absolute Gasteiger partial charge is 0.00844 e. The van der Waals surface area contributed by atoms with Crippen LogP contribution in [0.25, 0.3) is 0 Å². The molecule has 0 aromatic carbocycles. The fourth-order valence-corrected chi connectivity index (χ4v) is 5.48. The van der Waals surface area contributed by atoms with E-state index in [1.807, 2.05) is 0 Å². The molecule has 0 spiro atoms. The second kappa shape index (κ2) is 6.55. The van der Waals surface area contributed by atoms with Crippen molar-refractivity contribution in [2.75, 3.05) is 0 Å². The molecule has 0 aromatic rings. The number of piperidine rings is 3. The van der Waals surface area contributed by atoms with E-state index in [2.05, 4.69) is 16.0 Å². The summed E-state index contributed by atoms with van der Waals surface area (Å²) in [5, 5.41) is 12.0. The maximum Gasteiger partial charge on any atom is 0.00844 e. The zero-order chi connectivity index (χ0) is 14.1. The van der Waals surface area contributed by atoms with Gasteiger partial charge in [-0.15, -0.1) is 0 Å². The van der Waals surface area contributed by atoms with E-state index in [0.717, 1.165) is 36.3 Å². The number of hydrogen-bond donors (Lipinski definition) is 3. The van der Waals surface area contributed by atoms with Crippen LogP contribution in [0.5, 0.6) is 0 Å². The molecule has 120 valence electrons. The van der Waals surface area contributed by atoms with E-state index in [9.17, 15) is 0 Å². The number of rotatable bonds is 0. The molecular formula is C18H33N3. The Morgan fingerprint density at radius 2 is 0.619 bits per heavy atom. The van der Waals surface area contributed by atoms with E-state index in [-0.39, 0.29) is 0 Å². The van der Waals surface area contributed by atoms with Crippen molar-refractivity contribution >= 4 is 0 Å². The first kappa shape index (κ1) is 14.5. The molecule has 0 amide bonds. The molecule has 0 radical (unpaired) electrons. The maximum absolute atomic E-state index is 4.00. The van der Waals surface area contributed by atoms with Crippen LogP contribution in [-0.2, 0) is 0 Å². The number of nitrogens with one attached hydrogen (secondary N) is 3. The summed E-state index contributed by atoms with van der Waals surface area (Å²) < 4.78 is 0. The predicted molar refractivity (Wildman–Crippen MR) is 87.5 cm³/mol. The van der Waals surface area contributed by atoms with Crippen LogP contribution in [0.3, 0.4) is 0 Å². The molecule has 4 heterocycles. The number of fused-ring (bicyclic) bond motifs is 6. The van der Waals surface area contributed by atoms with Crippen LogP contribution >= 0.6 is 0 Å². The first-order chi connectivity index (χ1) is 10.3. The molecule has 0 saturated carbocycles.